The maximum Gasteiger partial charge on any atom is 0.335 e. The lowest BCUT2D eigenvalue weighted by atomic mass is 10.5. The van der Waals surface area contributed by atoms with Gasteiger partial charge in [0.15, 0.2) is 0 Å². The van der Waals surface area contributed by atoms with Gasteiger partial charge in [0.05, 0.1) is 12.0 Å². The number of urea groups is 1. The molecule has 0 spiro atoms. The largest absolute Gasteiger partial charge is 0.467 e. The maximum absolute atomic E-state index is 12.3. The van der Waals surface area contributed by atoms with Crippen molar-refractivity contribution in [2.45, 2.75) is 18.4 Å². The molecular weight excluding hydrogens is 374 g/mol. The molecule has 11 nitrogen and oxygen atoms in total. The van der Waals surface area contributed by atoms with Crippen molar-refractivity contribution in [3.63, 3.8) is 0 Å². The molecule has 0 aromatic carbocycles. The number of aromatic nitrogens is 3. The topological polar surface area (TPSA) is 149 Å². The zero-order valence-corrected chi connectivity index (χ0v) is 14.7. The Morgan fingerprint density at radius 3 is 2.80 bits per heavy atom. The molecule has 2 heterocycles. The molecule has 0 radical (unpaired) electrons. The number of sulfonamides is 1. The number of carbonyl (C=O) groups excluding carboxylic acids is 2. The van der Waals surface area contributed by atoms with E-state index in [9.17, 15) is 18.0 Å². The van der Waals surface area contributed by atoms with Crippen LogP contribution in [0.3, 0.4) is 0 Å². The smallest absolute Gasteiger partial charge is 0.335 e. The number of thiophene rings is 1. The number of ether oxygens (including phenoxy) is 2. The molecule has 2 aromatic rings. The number of rotatable bonds is 7. The second-order valence-electron chi connectivity index (χ2n) is 4.37. The quantitative estimate of drug-likeness (QED) is 0.645. The molecule has 2 N–H and O–H groups in total. The van der Waals surface area contributed by atoms with Gasteiger partial charge in [0, 0.05) is 0 Å². The number of nitrogens with one attached hydrogen (secondary N) is 2. The Labute approximate surface area is 146 Å². The molecule has 25 heavy (non-hydrogen) atoms. The van der Waals surface area contributed by atoms with Crippen molar-refractivity contribution < 1.29 is 27.5 Å². The van der Waals surface area contributed by atoms with Crippen molar-refractivity contribution in [2.75, 3.05) is 12.4 Å². The van der Waals surface area contributed by atoms with E-state index >= 15 is 0 Å². The lowest BCUT2D eigenvalue weighted by molar-refractivity contribution is -0.129. The zero-order chi connectivity index (χ0) is 18.4. The fourth-order valence-corrected chi connectivity index (χ4v) is 3.95. The Morgan fingerprint density at radius 1 is 1.36 bits per heavy atom. The van der Waals surface area contributed by atoms with E-state index in [1.807, 2.05) is 4.72 Å². The summed E-state index contributed by atoms with van der Waals surface area (Å²) in [6.45, 7) is 1.53. The van der Waals surface area contributed by atoms with E-state index in [1.54, 1.807) is 6.92 Å². The molecule has 2 rings (SSSR count). The van der Waals surface area contributed by atoms with Gasteiger partial charge in [-0.05, 0) is 18.4 Å². The van der Waals surface area contributed by atoms with Crippen molar-refractivity contribution in [3.8, 4) is 6.01 Å². The van der Waals surface area contributed by atoms with Crippen LogP contribution in [0, 0.1) is 6.92 Å². The van der Waals surface area contributed by atoms with Crippen molar-refractivity contribution >= 4 is 39.8 Å². The van der Waals surface area contributed by atoms with Crippen LogP contribution in [-0.4, -0.2) is 43.0 Å². The second kappa shape index (κ2) is 7.85. The number of methoxy groups -OCH3 is 1. The summed E-state index contributed by atoms with van der Waals surface area (Å²) in [6, 6.07) is 0.192. The number of hydrogen-bond donors (Lipinski definition) is 2. The minimum atomic E-state index is -4.17. The Bertz CT molecular complexity index is 882. The van der Waals surface area contributed by atoms with Gasteiger partial charge in [-0.1, -0.05) is 0 Å². The van der Waals surface area contributed by atoms with E-state index in [1.165, 1.54) is 18.6 Å². The molecule has 13 heteroatoms. The van der Waals surface area contributed by atoms with E-state index in [0.717, 1.165) is 11.3 Å². The number of nitrogens with zero attached hydrogens (tertiary/aromatic N) is 3. The summed E-state index contributed by atoms with van der Waals surface area (Å²) >= 11 is 1.07. The highest BCUT2D eigenvalue weighted by Crippen LogP contribution is 2.22. The highest BCUT2D eigenvalue weighted by atomic mass is 32.2. The summed E-state index contributed by atoms with van der Waals surface area (Å²) in [4.78, 5) is 33.7. The molecule has 0 aliphatic rings. The zero-order valence-electron chi connectivity index (χ0n) is 13.0. The summed E-state index contributed by atoms with van der Waals surface area (Å²) in [6.07, 6.45) is 0. The highest BCUT2D eigenvalue weighted by Gasteiger charge is 2.23. The minimum absolute atomic E-state index is 0.0308. The third-order valence-corrected chi connectivity index (χ3v) is 5.08. The monoisotopic (exact) mass is 387 g/mol. The van der Waals surface area contributed by atoms with Crippen LogP contribution in [0.1, 0.15) is 10.7 Å². The minimum Gasteiger partial charge on any atom is -0.467 e. The Kier molecular flexibility index (Phi) is 5.82. The lowest BCUT2D eigenvalue weighted by Crippen LogP contribution is -2.35. The molecule has 0 saturated carbocycles. The Hall–Kier alpha value is -2.80. The normalized spacial score (nSPS) is 10.8. The number of amides is 2. The van der Waals surface area contributed by atoms with Crippen LogP contribution >= 0.6 is 11.3 Å². The standard InChI is InChI=1S/C12H13N5O6S2/c1-7-13-10(16-12(14-7)22-2)15-11(19)17-25(20,21)9-3-4-24-8(9)5-23-6-18/h3-4,6H,5H2,1-2H3,(H2,13,14,15,16,17,19). The molecule has 0 aliphatic heterocycles. The number of anilines is 1. The SMILES string of the molecule is COc1nc(C)nc(NC(=O)NS(=O)(=O)c2ccsc2COC=O)n1. The fourth-order valence-electron chi connectivity index (χ4n) is 1.69. The van der Waals surface area contributed by atoms with Gasteiger partial charge in [0.2, 0.25) is 5.95 Å². The first-order valence-electron chi connectivity index (χ1n) is 6.58. The number of hydrogen-bond acceptors (Lipinski definition) is 10. The lowest BCUT2D eigenvalue weighted by Gasteiger charge is -2.09. The predicted molar refractivity (Wildman–Crippen MR) is 85.6 cm³/mol. The maximum atomic E-state index is 12.3. The molecule has 2 amide bonds. The highest BCUT2D eigenvalue weighted by molar-refractivity contribution is 7.90. The van der Waals surface area contributed by atoms with Crippen molar-refractivity contribution in [1.29, 1.82) is 0 Å². The van der Waals surface area contributed by atoms with Crippen LogP contribution in [0.25, 0.3) is 0 Å². The summed E-state index contributed by atoms with van der Waals surface area (Å²) in [5.41, 5.74) is 0. The van der Waals surface area contributed by atoms with Crippen LogP contribution in [-0.2, 0) is 26.2 Å². The van der Waals surface area contributed by atoms with Crippen LogP contribution in [0.15, 0.2) is 16.3 Å². The second-order valence-corrected chi connectivity index (χ2v) is 7.02. The van der Waals surface area contributed by atoms with Gasteiger partial charge in [-0.25, -0.2) is 17.9 Å². The van der Waals surface area contributed by atoms with Crippen LogP contribution in [0.4, 0.5) is 10.7 Å². The third kappa shape index (κ3) is 4.84. The molecule has 0 saturated heterocycles. The van der Waals surface area contributed by atoms with Gasteiger partial charge in [0.25, 0.3) is 16.5 Å². The van der Waals surface area contributed by atoms with Gasteiger partial charge >= 0.3 is 12.0 Å². The van der Waals surface area contributed by atoms with Crippen LogP contribution in [0.5, 0.6) is 6.01 Å². The van der Waals surface area contributed by atoms with Gasteiger partial charge in [0.1, 0.15) is 17.3 Å². The number of carbonyl (C=O) groups is 2. The van der Waals surface area contributed by atoms with Crippen LogP contribution in [0.2, 0.25) is 0 Å². The molecule has 2 aromatic heterocycles. The first-order valence-corrected chi connectivity index (χ1v) is 8.94. The van der Waals surface area contributed by atoms with Crippen molar-refractivity contribution in [2.24, 2.45) is 0 Å². The van der Waals surface area contributed by atoms with E-state index in [0.29, 0.717) is 0 Å². The van der Waals surface area contributed by atoms with Crippen molar-refractivity contribution in [1.82, 2.24) is 19.7 Å². The Balaban J connectivity index is 2.13. The van der Waals surface area contributed by atoms with E-state index in [4.69, 9.17) is 4.74 Å². The molecule has 0 fully saturated rings. The first-order chi connectivity index (χ1) is 11.9. The van der Waals surface area contributed by atoms with Crippen molar-refractivity contribution in [3.05, 3.63) is 22.1 Å². The summed E-state index contributed by atoms with van der Waals surface area (Å²) < 4.78 is 35.8. The van der Waals surface area contributed by atoms with Crippen LogP contribution < -0.4 is 14.8 Å². The molecule has 0 aliphatic carbocycles. The third-order valence-electron chi connectivity index (χ3n) is 2.64. The number of aryl methyl sites for hydroxylation is 1. The van der Waals surface area contributed by atoms with E-state index < -0.39 is 16.1 Å². The summed E-state index contributed by atoms with van der Waals surface area (Å²) in [5, 5.41) is 3.68. The molecule has 0 atom stereocenters. The molecule has 0 bridgehead atoms. The van der Waals surface area contributed by atoms with E-state index in [-0.39, 0.29) is 40.6 Å². The summed E-state index contributed by atoms with van der Waals surface area (Å²) in [5.74, 6) is 0.100. The fraction of sp³-hybridized carbons (Fsp3) is 0.250. The molecule has 134 valence electrons. The molecular formula is C12H13N5O6S2. The van der Waals surface area contributed by atoms with Gasteiger partial charge < -0.3 is 9.47 Å². The van der Waals surface area contributed by atoms with Gasteiger partial charge in [-0.3, -0.25) is 10.1 Å². The summed E-state index contributed by atoms with van der Waals surface area (Å²) in [7, 11) is -2.84. The predicted octanol–water partition coefficient (Wildman–Crippen LogP) is 0.434. The average Bonchev–Trinajstić information content (AvgIpc) is 3.01. The molecule has 0 unspecified atom stereocenters. The Morgan fingerprint density at radius 2 is 2.12 bits per heavy atom. The average molecular weight is 387 g/mol. The van der Waals surface area contributed by atoms with Gasteiger partial charge in [-0.15, -0.1) is 11.3 Å². The first kappa shape index (κ1) is 18.5. The van der Waals surface area contributed by atoms with E-state index in [2.05, 4.69) is 25.0 Å². The van der Waals surface area contributed by atoms with Gasteiger partial charge in [-0.2, -0.15) is 15.0 Å².